The molecule has 112 valence electrons. The normalized spacial score (nSPS) is 16.5. The summed E-state index contributed by atoms with van der Waals surface area (Å²) in [6.45, 7) is 5.11. The van der Waals surface area contributed by atoms with Gasteiger partial charge in [0, 0.05) is 6.20 Å². The number of hydrogen-bond acceptors (Lipinski definition) is 4. The number of allylic oxidation sites excluding steroid dienone is 1. The summed E-state index contributed by atoms with van der Waals surface area (Å²) in [5.41, 5.74) is 2.00. The SMILES string of the molecule is C=CCc1cc(/C=C/NC(=O)OC)ccc1OCC1CO1. The molecule has 0 aromatic heterocycles. The van der Waals surface area contributed by atoms with E-state index in [-0.39, 0.29) is 6.10 Å². The fourth-order valence-electron chi connectivity index (χ4n) is 1.77. The molecule has 0 radical (unpaired) electrons. The Kier molecular flexibility index (Phi) is 5.40. The van der Waals surface area contributed by atoms with Crippen LogP contribution >= 0.6 is 0 Å². The van der Waals surface area contributed by atoms with Crippen molar-refractivity contribution in [3.05, 3.63) is 48.2 Å². The first kappa shape index (κ1) is 15.1. The highest BCUT2D eigenvalue weighted by molar-refractivity contribution is 5.69. The number of ether oxygens (including phenoxy) is 3. The number of methoxy groups -OCH3 is 1. The number of epoxide rings is 1. The van der Waals surface area contributed by atoms with Gasteiger partial charge in [0.05, 0.1) is 13.7 Å². The van der Waals surface area contributed by atoms with Gasteiger partial charge in [0.1, 0.15) is 18.5 Å². The molecule has 1 saturated heterocycles. The van der Waals surface area contributed by atoms with E-state index in [2.05, 4.69) is 16.6 Å². The second kappa shape index (κ2) is 7.50. The van der Waals surface area contributed by atoms with Crippen LogP contribution in [0.2, 0.25) is 0 Å². The lowest BCUT2D eigenvalue weighted by Gasteiger charge is -2.10. The van der Waals surface area contributed by atoms with Crippen molar-refractivity contribution in [1.29, 1.82) is 0 Å². The Hall–Kier alpha value is -2.27. The fourth-order valence-corrected chi connectivity index (χ4v) is 1.77. The Balaban J connectivity index is 2.02. The van der Waals surface area contributed by atoms with Crippen LogP contribution in [0.1, 0.15) is 11.1 Å². The van der Waals surface area contributed by atoms with E-state index in [0.29, 0.717) is 13.0 Å². The Morgan fingerprint density at radius 2 is 2.38 bits per heavy atom. The maximum atomic E-state index is 11.0. The van der Waals surface area contributed by atoms with E-state index in [1.807, 2.05) is 24.3 Å². The lowest BCUT2D eigenvalue weighted by molar-refractivity contribution is 0.175. The lowest BCUT2D eigenvalue weighted by Crippen LogP contribution is -2.15. The molecule has 5 heteroatoms. The minimum Gasteiger partial charge on any atom is -0.490 e. The molecule has 0 saturated carbocycles. The van der Waals surface area contributed by atoms with Gasteiger partial charge in [-0.05, 0) is 35.8 Å². The van der Waals surface area contributed by atoms with E-state index < -0.39 is 6.09 Å². The molecule has 0 bridgehead atoms. The summed E-state index contributed by atoms with van der Waals surface area (Å²) >= 11 is 0. The molecule has 1 aromatic rings. The number of hydrogen-bond donors (Lipinski definition) is 1. The van der Waals surface area contributed by atoms with E-state index in [1.54, 1.807) is 6.08 Å². The minimum atomic E-state index is -0.498. The van der Waals surface area contributed by atoms with Crippen LogP contribution in [-0.4, -0.2) is 32.5 Å². The van der Waals surface area contributed by atoms with E-state index in [1.165, 1.54) is 13.3 Å². The first-order valence-corrected chi connectivity index (χ1v) is 6.72. The van der Waals surface area contributed by atoms with E-state index in [0.717, 1.165) is 23.5 Å². The molecular weight excluding hydrogens is 270 g/mol. The number of carbonyl (C=O) groups excluding carboxylic acids is 1. The molecule has 5 nitrogen and oxygen atoms in total. The second-order valence-corrected chi connectivity index (χ2v) is 4.60. The average Bonchev–Trinajstić information content (AvgIpc) is 3.31. The van der Waals surface area contributed by atoms with Gasteiger partial charge < -0.3 is 14.2 Å². The molecule has 1 heterocycles. The van der Waals surface area contributed by atoms with Crippen LogP contribution in [0.4, 0.5) is 4.79 Å². The number of carbonyl (C=O) groups is 1. The van der Waals surface area contributed by atoms with E-state index >= 15 is 0 Å². The van der Waals surface area contributed by atoms with Gasteiger partial charge >= 0.3 is 6.09 Å². The van der Waals surface area contributed by atoms with Crippen molar-refractivity contribution in [3.8, 4) is 5.75 Å². The smallest absolute Gasteiger partial charge is 0.410 e. The Bertz CT molecular complexity index is 535. The highest BCUT2D eigenvalue weighted by Crippen LogP contribution is 2.23. The number of benzene rings is 1. The summed E-state index contributed by atoms with van der Waals surface area (Å²) in [5, 5.41) is 2.49. The van der Waals surface area contributed by atoms with E-state index in [4.69, 9.17) is 9.47 Å². The Morgan fingerprint density at radius 1 is 1.57 bits per heavy atom. The molecule has 1 amide bonds. The lowest BCUT2D eigenvalue weighted by atomic mass is 10.1. The van der Waals surface area contributed by atoms with Crippen molar-refractivity contribution in [2.24, 2.45) is 0 Å². The molecule has 2 rings (SSSR count). The third-order valence-corrected chi connectivity index (χ3v) is 2.94. The van der Waals surface area contributed by atoms with Crippen LogP contribution in [0.25, 0.3) is 6.08 Å². The fraction of sp³-hybridized carbons (Fsp3) is 0.312. The summed E-state index contributed by atoms with van der Waals surface area (Å²) in [6, 6.07) is 5.84. The summed E-state index contributed by atoms with van der Waals surface area (Å²) in [6.07, 6.45) is 5.60. The van der Waals surface area contributed by atoms with Crippen LogP contribution in [0.3, 0.4) is 0 Å². The zero-order valence-electron chi connectivity index (χ0n) is 12.0. The van der Waals surface area contributed by atoms with Gasteiger partial charge in [-0.25, -0.2) is 4.79 Å². The number of alkyl carbamates (subject to hydrolysis) is 1. The summed E-state index contributed by atoms with van der Waals surface area (Å²) < 4.78 is 15.4. The van der Waals surface area contributed by atoms with Crippen LogP contribution in [-0.2, 0) is 15.9 Å². The zero-order chi connectivity index (χ0) is 15.1. The molecule has 1 aliphatic heterocycles. The van der Waals surface area contributed by atoms with Gasteiger partial charge in [-0.3, -0.25) is 5.32 Å². The molecule has 1 atom stereocenters. The Morgan fingerprint density at radius 3 is 3.05 bits per heavy atom. The first-order chi connectivity index (χ1) is 10.2. The van der Waals surface area contributed by atoms with Crippen LogP contribution in [0.5, 0.6) is 5.75 Å². The molecule has 1 aromatic carbocycles. The van der Waals surface area contributed by atoms with Gasteiger partial charge in [-0.15, -0.1) is 6.58 Å². The van der Waals surface area contributed by atoms with E-state index in [9.17, 15) is 4.79 Å². The molecule has 1 fully saturated rings. The Labute approximate surface area is 124 Å². The van der Waals surface area contributed by atoms with Crippen molar-refractivity contribution >= 4 is 12.2 Å². The van der Waals surface area contributed by atoms with Gasteiger partial charge in [0.15, 0.2) is 0 Å². The molecule has 0 aliphatic carbocycles. The molecular formula is C16H19NO4. The van der Waals surface area contributed by atoms with Crippen molar-refractivity contribution in [2.45, 2.75) is 12.5 Å². The van der Waals surface area contributed by atoms with Gasteiger partial charge in [0.2, 0.25) is 0 Å². The van der Waals surface area contributed by atoms with Crippen LogP contribution in [0, 0.1) is 0 Å². The maximum Gasteiger partial charge on any atom is 0.410 e. The van der Waals surface area contributed by atoms with Gasteiger partial charge in [0.25, 0.3) is 0 Å². The second-order valence-electron chi connectivity index (χ2n) is 4.60. The quantitative estimate of drug-likeness (QED) is 0.619. The monoisotopic (exact) mass is 289 g/mol. The number of nitrogens with one attached hydrogen (secondary N) is 1. The van der Waals surface area contributed by atoms with Gasteiger partial charge in [-0.1, -0.05) is 12.1 Å². The minimum absolute atomic E-state index is 0.227. The standard InChI is InChI=1S/C16H19NO4/c1-3-4-13-9-12(7-8-17-16(18)19-2)5-6-15(13)21-11-14-10-20-14/h3,5-9,14H,1,4,10-11H2,2H3,(H,17,18)/b8-7+. The molecule has 1 N–H and O–H groups in total. The average molecular weight is 289 g/mol. The predicted octanol–water partition coefficient (Wildman–Crippen LogP) is 2.52. The van der Waals surface area contributed by atoms with Crippen molar-refractivity contribution < 1.29 is 19.0 Å². The first-order valence-electron chi connectivity index (χ1n) is 6.72. The van der Waals surface area contributed by atoms with Crippen molar-refractivity contribution in [3.63, 3.8) is 0 Å². The van der Waals surface area contributed by atoms with Crippen molar-refractivity contribution in [1.82, 2.24) is 5.32 Å². The molecule has 21 heavy (non-hydrogen) atoms. The molecule has 0 spiro atoms. The summed E-state index contributed by atoms with van der Waals surface area (Å²) in [4.78, 5) is 11.0. The largest absolute Gasteiger partial charge is 0.490 e. The molecule has 1 unspecified atom stereocenters. The van der Waals surface area contributed by atoms with Crippen molar-refractivity contribution in [2.75, 3.05) is 20.3 Å². The third-order valence-electron chi connectivity index (χ3n) is 2.94. The molecule has 1 aliphatic rings. The highest BCUT2D eigenvalue weighted by atomic mass is 16.6. The van der Waals surface area contributed by atoms with Crippen LogP contribution < -0.4 is 10.1 Å². The van der Waals surface area contributed by atoms with Gasteiger partial charge in [-0.2, -0.15) is 0 Å². The van der Waals surface area contributed by atoms with Crippen LogP contribution in [0.15, 0.2) is 37.1 Å². The summed E-state index contributed by atoms with van der Waals surface area (Å²) in [5.74, 6) is 0.837. The third kappa shape index (κ3) is 4.96. The topological polar surface area (TPSA) is 60.1 Å². The summed E-state index contributed by atoms with van der Waals surface area (Å²) in [7, 11) is 1.32. The highest BCUT2D eigenvalue weighted by Gasteiger charge is 2.23. The maximum absolute atomic E-state index is 11.0. The predicted molar refractivity (Wildman–Crippen MR) is 80.2 cm³/mol. The zero-order valence-corrected chi connectivity index (χ0v) is 12.0. The number of rotatable bonds is 7. The number of amides is 1.